The molecule has 2 N–H and O–H groups in total. The van der Waals surface area contributed by atoms with E-state index in [4.69, 9.17) is 0 Å². The number of nitrogens with zero attached hydrogens (tertiary/aromatic N) is 6. The lowest BCUT2D eigenvalue weighted by Gasteiger charge is -2.06. The summed E-state index contributed by atoms with van der Waals surface area (Å²) in [5, 5.41) is 52.3. The summed E-state index contributed by atoms with van der Waals surface area (Å²) in [4.78, 5) is 41.1. The van der Waals surface area contributed by atoms with Crippen molar-refractivity contribution in [2.24, 2.45) is 10.2 Å². The van der Waals surface area contributed by atoms with Crippen molar-refractivity contribution >= 4 is 45.5 Å². The summed E-state index contributed by atoms with van der Waals surface area (Å²) < 4.78 is 0. The summed E-state index contributed by atoms with van der Waals surface area (Å²) in [6.45, 7) is 0. The van der Waals surface area contributed by atoms with Crippen LogP contribution in [0.3, 0.4) is 0 Å². The molecule has 0 aromatic heterocycles. The number of nitro benzene ring substituents is 4. The summed E-state index contributed by atoms with van der Waals surface area (Å²) in [6, 6.07) is 6.11. The van der Waals surface area contributed by atoms with Gasteiger partial charge in [0.25, 0.3) is 11.4 Å². The Morgan fingerprint density at radius 1 is 0.636 bits per heavy atom. The third-order valence-electron chi connectivity index (χ3n) is 4.56. The number of nitrogens with one attached hydrogen (secondary N) is 2. The Morgan fingerprint density at radius 3 is 1.36 bits per heavy atom. The summed E-state index contributed by atoms with van der Waals surface area (Å²) in [5.74, 6) is 0. The van der Waals surface area contributed by atoms with Crippen LogP contribution in [-0.2, 0) is 0 Å². The van der Waals surface area contributed by atoms with E-state index in [1.54, 1.807) is 0 Å². The van der Waals surface area contributed by atoms with Crippen molar-refractivity contribution in [2.75, 3.05) is 10.9 Å². The Balaban J connectivity index is 1.83. The van der Waals surface area contributed by atoms with Gasteiger partial charge in [0.2, 0.25) is 0 Å². The monoisotopic (exact) mass is 458 g/mol. The number of hydrazone groups is 2. The molecule has 0 heterocycles. The standard InChI is InChI=1S/C17H14N8O8/c26-22(27)10-4-6-14(16(8-10)24(30)31)20-18-12-2-1-3-13(12)19-21-15-7-5-11(23(28)29)9-17(15)25(32)33/h4-9,20-21H,1-3H2/b18-12-,19-13+. The van der Waals surface area contributed by atoms with Crippen molar-refractivity contribution in [1.82, 2.24) is 0 Å². The van der Waals surface area contributed by atoms with Gasteiger partial charge in [0.05, 0.1) is 43.2 Å². The molecule has 0 spiro atoms. The van der Waals surface area contributed by atoms with Gasteiger partial charge < -0.3 is 0 Å². The molecule has 1 aliphatic rings. The van der Waals surface area contributed by atoms with Crippen LogP contribution in [0.5, 0.6) is 0 Å². The van der Waals surface area contributed by atoms with Gasteiger partial charge in [0.15, 0.2) is 0 Å². The van der Waals surface area contributed by atoms with Gasteiger partial charge in [-0.2, -0.15) is 10.2 Å². The molecule has 0 unspecified atom stereocenters. The van der Waals surface area contributed by atoms with E-state index in [-0.39, 0.29) is 11.4 Å². The van der Waals surface area contributed by atoms with Crippen molar-refractivity contribution in [3.63, 3.8) is 0 Å². The van der Waals surface area contributed by atoms with E-state index in [0.717, 1.165) is 36.4 Å². The van der Waals surface area contributed by atoms with Crippen molar-refractivity contribution in [1.29, 1.82) is 0 Å². The number of rotatable bonds is 8. The van der Waals surface area contributed by atoms with Crippen molar-refractivity contribution in [2.45, 2.75) is 19.3 Å². The average molecular weight is 458 g/mol. The highest BCUT2D eigenvalue weighted by Crippen LogP contribution is 2.30. The lowest BCUT2D eigenvalue weighted by atomic mass is 10.2. The number of hydrogen-bond acceptors (Lipinski definition) is 12. The van der Waals surface area contributed by atoms with Crippen LogP contribution in [0.2, 0.25) is 0 Å². The summed E-state index contributed by atoms with van der Waals surface area (Å²) in [7, 11) is 0. The zero-order valence-electron chi connectivity index (χ0n) is 16.5. The number of hydrogen-bond donors (Lipinski definition) is 2. The molecule has 1 aliphatic carbocycles. The number of anilines is 2. The summed E-state index contributed by atoms with van der Waals surface area (Å²) in [5.41, 5.74) is 3.76. The van der Waals surface area contributed by atoms with Gasteiger partial charge in [-0.3, -0.25) is 51.3 Å². The molecule has 3 rings (SSSR count). The number of benzene rings is 2. The van der Waals surface area contributed by atoms with Crippen LogP contribution in [-0.4, -0.2) is 31.1 Å². The lowest BCUT2D eigenvalue weighted by molar-refractivity contribution is -0.393. The summed E-state index contributed by atoms with van der Waals surface area (Å²) >= 11 is 0. The minimum absolute atomic E-state index is 0.0664. The average Bonchev–Trinajstić information content (AvgIpc) is 3.23. The van der Waals surface area contributed by atoms with E-state index in [2.05, 4.69) is 21.1 Å². The molecular formula is C17H14N8O8. The molecule has 1 saturated carbocycles. The molecule has 2 aromatic carbocycles. The van der Waals surface area contributed by atoms with Crippen molar-refractivity contribution in [3.05, 3.63) is 76.9 Å². The molecule has 170 valence electrons. The maximum Gasteiger partial charge on any atom is 0.301 e. The smallest absolute Gasteiger partial charge is 0.271 e. The lowest BCUT2D eigenvalue weighted by Crippen LogP contribution is -2.11. The molecular weight excluding hydrogens is 444 g/mol. The Hall–Kier alpha value is -5.02. The van der Waals surface area contributed by atoms with E-state index in [1.807, 2.05) is 0 Å². The topological polar surface area (TPSA) is 221 Å². The SMILES string of the molecule is O=[N+]([O-])c1ccc(N/N=C2/CCC/C2=N\Nc2ccc([N+](=O)[O-])cc2[N+](=O)[O-])c([N+](=O)[O-])c1. The van der Waals surface area contributed by atoms with Crippen LogP contribution in [0.1, 0.15) is 19.3 Å². The fourth-order valence-corrected chi connectivity index (χ4v) is 2.97. The predicted molar refractivity (Wildman–Crippen MR) is 115 cm³/mol. The largest absolute Gasteiger partial charge is 0.301 e. The van der Waals surface area contributed by atoms with Gasteiger partial charge >= 0.3 is 11.4 Å². The second-order valence-electron chi connectivity index (χ2n) is 6.63. The van der Waals surface area contributed by atoms with Gasteiger partial charge in [0, 0.05) is 12.1 Å². The van der Waals surface area contributed by atoms with Gasteiger partial charge in [0.1, 0.15) is 11.4 Å². The van der Waals surface area contributed by atoms with Crippen LogP contribution in [0.15, 0.2) is 46.6 Å². The molecule has 0 aliphatic heterocycles. The Kier molecular flexibility index (Phi) is 6.46. The molecule has 2 aromatic rings. The molecule has 1 fully saturated rings. The second-order valence-corrected chi connectivity index (χ2v) is 6.63. The maximum absolute atomic E-state index is 11.2. The highest BCUT2D eigenvalue weighted by Gasteiger charge is 2.23. The molecule has 33 heavy (non-hydrogen) atoms. The molecule has 0 bridgehead atoms. The third-order valence-corrected chi connectivity index (χ3v) is 4.56. The van der Waals surface area contributed by atoms with Crippen LogP contribution >= 0.6 is 0 Å². The fraction of sp³-hybridized carbons (Fsp3) is 0.176. The molecule has 16 nitrogen and oxygen atoms in total. The van der Waals surface area contributed by atoms with E-state index in [9.17, 15) is 40.5 Å². The second kappa shape index (κ2) is 9.41. The number of non-ortho nitro benzene ring substituents is 2. The molecule has 0 atom stereocenters. The highest BCUT2D eigenvalue weighted by atomic mass is 16.6. The Labute approximate surface area is 183 Å². The summed E-state index contributed by atoms with van der Waals surface area (Å²) in [6.07, 6.45) is 1.55. The predicted octanol–water partition coefficient (Wildman–Crippen LogP) is 3.74. The van der Waals surface area contributed by atoms with Crippen molar-refractivity contribution in [3.8, 4) is 0 Å². The first-order chi connectivity index (χ1) is 15.7. The quantitative estimate of drug-likeness (QED) is 0.430. The molecule has 0 amide bonds. The van der Waals surface area contributed by atoms with Gasteiger partial charge in [-0.1, -0.05) is 0 Å². The van der Waals surface area contributed by atoms with E-state index in [1.165, 1.54) is 0 Å². The molecule has 0 radical (unpaired) electrons. The zero-order chi connectivity index (χ0) is 24.1. The maximum atomic E-state index is 11.2. The van der Waals surface area contributed by atoms with Crippen LogP contribution in [0, 0.1) is 40.5 Å². The van der Waals surface area contributed by atoms with Crippen LogP contribution in [0.25, 0.3) is 0 Å². The van der Waals surface area contributed by atoms with Gasteiger partial charge in [-0.15, -0.1) is 0 Å². The first kappa shape index (κ1) is 22.7. The first-order valence-corrected chi connectivity index (χ1v) is 9.18. The minimum Gasteiger partial charge on any atom is -0.271 e. The van der Waals surface area contributed by atoms with E-state index < -0.39 is 42.4 Å². The van der Waals surface area contributed by atoms with Gasteiger partial charge in [-0.25, -0.2) is 0 Å². The van der Waals surface area contributed by atoms with E-state index >= 15 is 0 Å². The normalized spacial score (nSPS) is 15.4. The van der Waals surface area contributed by atoms with E-state index in [0.29, 0.717) is 30.7 Å². The molecule has 0 saturated heterocycles. The Morgan fingerprint density at radius 2 is 1.03 bits per heavy atom. The highest BCUT2D eigenvalue weighted by molar-refractivity contribution is 6.44. The van der Waals surface area contributed by atoms with Crippen LogP contribution < -0.4 is 10.9 Å². The zero-order valence-corrected chi connectivity index (χ0v) is 16.5. The molecule has 16 heteroatoms. The Bertz CT molecular complexity index is 1130. The minimum atomic E-state index is -0.783. The van der Waals surface area contributed by atoms with Gasteiger partial charge in [-0.05, 0) is 31.4 Å². The van der Waals surface area contributed by atoms with Crippen LogP contribution in [0.4, 0.5) is 34.1 Å². The van der Waals surface area contributed by atoms with Crippen molar-refractivity contribution < 1.29 is 19.7 Å². The third kappa shape index (κ3) is 5.19. The fourth-order valence-electron chi connectivity index (χ4n) is 2.97. The number of nitro groups is 4. The first-order valence-electron chi connectivity index (χ1n) is 9.18.